The van der Waals surface area contributed by atoms with Gasteiger partial charge >= 0.3 is 5.97 Å². The summed E-state index contributed by atoms with van der Waals surface area (Å²) in [6.45, 7) is 2.42. The van der Waals surface area contributed by atoms with Crippen LogP contribution in [-0.4, -0.2) is 49.6 Å². The van der Waals surface area contributed by atoms with Crippen molar-refractivity contribution in [3.8, 4) is 24.7 Å². The van der Waals surface area contributed by atoms with Gasteiger partial charge in [0.05, 0.1) is 25.3 Å². The number of rotatable bonds is 9. The predicted molar refractivity (Wildman–Crippen MR) is 63.3 cm³/mol. The van der Waals surface area contributed by atoms with Crippen LogP contribution in [0.5, 0.6) is 0 Å². The molecule has 0 aliphatic heterocycles. The van der Waals surface area contributed by atoms with Crippen molar-refractivity contribution in [2.75, 3.05) is 33.0 Å². The van der Waals surface area contributed by atoms with Gasteiger partial charge in [0.15, 0.2) is 0 Å². The van der Waals surface area contributed by atoms with Crippen LogP contribution in [0.1, 0.15) is 6.92 Å². The molecular formula is C12H17NO4. The molecule has 0 rings (SSSR count). The number of carboxylic acids is 1. The number of hydrogen-bond acceptors (Lipinski definition) is 4. The first-order chi connectivity index (χ1) is 8.04. The Labute approximate surface area is 101 Å². The van der Waals surface area contributed by atoms with Crippen molar-refractivity contribution in [2.24, 2.45) is 0 Å². The highest BCUT2D eigenvalue weighted by molar-refractivity contribution is 5.69. The number of ether oxygens (including phenoxy) is 2. The zero-order chi connectivity index (χ0) is 13.1. The third-order valence-electron chi connectivity index (χ3n) is 1.88. The second-order valence-electron chi connectivity index (χ2n) is 3.70. The maximum Gasteiger partial charge on any atom is 0.317 e. The topological polar surface area (TPSA) is 67.8 Å². The van der Waals surface area contributed by atoms with E-state index in [0.717, 1.165) is 0 Å². The van der Waals surface area contributed by atoms with E-state index in [-0.39, 0.29) is 33.0 Å². The van der Waals surface area contributed by atoms with Gasteiger partial charge < -0.3 is 14.6 Å². The predicted octanol–water partition coefficient (Wildman–Crippen LogP) is -0.281. The van der Waals surface area contributed by atoms with E-state index in [9.17, 15) is 4.79 Å². The fourth-order valence-corrected chi connectivity index (χ4v) is 1.10. The van der Waals surface area contributed by atoms with E-state index in [1.54, 1.807) is 6.92 Å². The Bertz CT molecular complexity index is 293. The fourth-order valence-electron chi connectivity index (χ4n) is 1.10. The molecule has 2 N–H and O–H groups in total. The van der Waals surface area contributed by atoms with Crippen LogP contribution in [0.3, 0.4) is 0 Å². The Balaban J connectivity index is 4.19. The second-order valence-corrected chi connectivity index (χ2v) is 3.70. The minimum atomic E-state index is -0.954. The van der Waals surface area contributed by atoms with E-state index in [4.69, 9.17) is 27.4 Å². The van der Waals surface area contributed by atoms with Gasteiger partial charge in [-0.15, -0.1) is 12.8 Å². The van der Waals surface area contributed by atoms with Gasteiger partial charge in [0, 0.05) is 0 Å². The Hall–Kier alpha value is -1.53. The third-order valence-corrected chi connectivity index (χ3v) is 1.88. The molecule has 0 atom stereocenters. The first-order valence-corrected chi connectivity index (χ1v) is 5.03. The molecule has 0 heterocycles. The highest BCUT2D eigenvalue weighted by Crippen LogP contribution is 2.05. The monoisotopic (exact) mass is 239 g/mol. The van der Waals surface area contributed by atoms with Gasteiger partial charge in [0.1, 0.15) is 13.2 Å². The lowest BCUT2D eigenvalue weighted by Crippen LogP contribution is -2.52. The molecule has 5 heteroatoms. The van der Waals surface area contributed by atoms with Crippen LogP contribution >= 0.6 is 0 Å². The summed E-state index contributed by atoms with van der Waals surface area (Å²) in [6, 6.07) is 0. The van der Waals surface area contributed by atoms with Crippen molar-refractivity contribution < 1.29 is 19.4 Å². The molecule has 0 bridgehead atoms. The molecule has 0 aromatic rings. The Morgan fingerprint density at radius 3 is 2.12 bits per heavy atom. The molecule has 0 radical (unpaired) electrons. The maximum atomic E-state index is 10.5. The second kappa shape index (κ2) is 8.60. The molecule has 0 aliphatic rings. The maximum absolute atomic E-state index is 10.5. The Kier molecular flexibility index (Phi) is 7.83. The smallest absolute Gasteiger partial charge is 0.317 e. The molecule has 0 saturated carbocycles. The van der Waals surface area contributed by atoms with Crippen molar-refractivity contribution in [3.05, 3.63) is 0 Å². The molecule has 94 valence electrons. The normalized spacial score (nSPS) is 10.5. The Morgan fingerprint density at radius 1 is 1.29 bits per heavy atom. The average molecular weight is 239 g/mol. The van der Waals surface area contributed by atoms with E-state index >= 15 is 0 Å². The molecule has 0 fully saturated rings. The lowest BCUT2D eigenvalue weighted by atomic mass is 10.1. The lowest BCUT2D eigenvalue weighted by molar-refractivity contribution is -0.136. The van der Waals surface area contributed by atoms with Gasteiger partial charge in [-0.05, 0) is 6.92 Å². The summed E-state index contributed by atoms with van der Waals surface area (Å²) in [5.41, 5.74) is -0.633. The van der Waals surface area contributed by atoms with Crippen LogP contribution in [0, 0.1) is 24.7 Å². The molecular weight excluding hydrogens is 222 g/mol. The first-order valence-electron chi connectivity index (χ1n) is 5.03. The molecule has 0 aliphatic carbocycles. The van der Waals surface area contributed by atoms with E-state index in [1.807, 2.05) is 0 Å². The fraction of sp³-hybridized carbons (Fsp3) is 0.583. The van der Waals surface area contributed by atoms with E-state index in [1.165, 1.54) is 0 Å². The lowest BCUT2D eigenvalue weighted by Gasteiger charge is -2.29. The Morgan fingerprint density at radius 2 is 1.76 bits per heavy atom. The number of carbonyl (C=O) groups is 1. The average Bonchev–Trinajstić information content (AvgIpc) is 2.27. The zero-order valence-corrected chi connectivity index (χ0v) is 9.86. The summed E-state index contributed by atoms with van der Waals surface area (Å²) in [6.07, 6.45) is 10.1. The van der Waals surface area contributed by atoms with Crippen molar-refractivity contribution >= 4 is 5.97 Å². The minimum absolute atomic E-state index is 0.166. The summed E-state index contributed by atoms with van der Waals surface area (Å²) >= 11 is 0. The van der Waals surface area contributed by atoms with Crippen LogP contribution < -0.4 is 5.32 Å². The number of hydrogen-bond donors (Lipinski definition) is 2. The third kappa shape index (κ3) is 8.29. The highest BCUT2D eigenvalue weighted by atomic mass is 16.5. The number of aliphatic carboxylic acids is 1. The van der Waals surface area contributed by atoms with Crippen molar-refractivity contribution in [1.29, 1.82) is 0 Å². The van der Waals surface area contributed by atoms with Gasteiger partial charge in [-0.1, -0.05) is 11.8 Å². The number of nitrogens with one attached hydrogen (secondary N) is 1. The van der Waals surface area contributed by atoms with Gasteiger partial charge in [-0.2, -0.15) is 0 Å². The highest BCUT2D eigenvalue weighted by Gasteiger charge is 2.25. The van der Waals surface area contributed by atoms with Crippen molar-refractivity contribution in [1.82, 2.24) is 5.32 Å². The van der Waals surface area contributed by atoms with Gasteiger partial charge in [0.2, 0.25) is 0 Å². The van der Waals surface area contributed by atoms with E-state index < -0.39 is 11.5 Å². The van der Waals surface area contributed by atoms with Crippen molar-refractivity contribution in [3.63, 3.8) is 0 Å². The zero-order valence-electron chi connectivity index (χ0n) is 9.86. The van der Waals surface area contributed by atoms with Crippen molar-refractivity contribution in [2.45, 2.75) is 12.5 Å². The van der Waals surface area contributed by atoms with Crippen LogP contribution in [0.25, 0.3) is 0 Å². The SMILES string of the molecule is C#CCOCC(C)(COCC#C)NCC(=O)O. The summed E-state index contributed by atoms with van der Waals surface area (Å²) in [4.78, 5) is 10.5. The summed E-state index contributed by atoms with van der Waals surface area (Å²) < 4.78 is 10.4. The molecule has 0 unspecified atom stereocenters. The summed E-state index contributed by atoms with van der Waals surface area (Å²) in [7, 11) is 0. The quantitative estimate of drug-likeness (QED) is 0.428. The number of terminal acetylenes is 2. The summed E-state index contributed by atoms with van der Waals surface area (Å²) in [5, 5.41) is 11.4. The van der Waals surface area contributed by atoms with Crippen LogP contribution in [0.15, 0.2) is 0 Å². The van der Waals surface area contributed by atoms with Crippen LogP contribution in [0.2, 0.25) is 0 Å². The van der Waals surface area contributed by atoms with E-state index in [0.29, 0.717) is 0 Å². The number of carboxylic acid groups (broad SMARTS) is 1. The molecule has 0 spiro atoms. The molecule has 0 aromatic carbocycles. The van der Waals surface area contributed by atoms with Crippen LogP contribution in [0.4, 0.5) is 0 Å². The van der Waals surface area contributed by atoms with Gasteiger partial charge in [-0.3, -0.25) is 10.1 Å². The summed E-state index contributed by atoms with van der Waals surface area (Å²) in [5.74, 6) is 3.71. The molecule has 0 aromatic heterocycles. The first kappa shape index (κ1) is 15.5. The van der Waals surface area contributed by atoms with Gasteiger partial charge in [0.25, 0.3) is 0 Å². The molecule has 0 saturated heterocycles. The molecule has 17 heavy (non-hydrogen) atoms. The molecule has 0 amide bonds. The van der Waals surface area contributed by atoms with Crippen LogP contribution in [-0.2, 0) is 14.3 Å². The van der Waals surface area contributed by atoms with Gasteiger partial charge in [-0.25, -0.2) is 0 Å². The largest absolute Gasteiger partial charge is 0.480 e. The standard InChI is InChI=1S/C12H17NO4/c1-4-6-16-9-12(3,10-17-7-5-2)13-8-11(14)15/h1-2,13H,6-10H2,3H3,(H,14,15). The van der Waals surface area contributed by atoms with E-state index in [2.05, 4.69) is 17.2 Å². The molecule has 5 nitrogen and oxygen atoms in total. The minimum Gasteiger partial charge on any atom is -0.480 e.